The van der Waals surface area contributed by atoms with Crippen molar-refractivity contribution in [2.45, 2.75) is 52.0 Å². The third-order valence-corrected chi connectivity index (χ3v) is 4.14. The van der Waals surface area contributed by atoms with Crippen LogP contribution < -0.4 is 16.4 Å². The number of hydrogen-bond donors (Lipinski definition) is 2. The molecule has 1 saturated carbocycles. The first-order valence-corrected chi connectivity index (χ1v) is 7.81. The first-order valence-electron chi connectivity index (χ1n) is 7.81. The number of hydrogen-bond acceptors (Lipinski definition) is 4. The number of nitrogens with two attached hydrogens (primary N) is 2. The van der Waals surface area contributed by atoms with E-state index in [9.17, 15) is 4.79 Å². The molecule has 1 heterocycles. The van der Waals surface area contributed by atoms with Gasteiger partial charge in [0.25, 0.3) is 5.91 Å². The van der Waals surface area contributed by atoms with Crippen LogP contribution in [0.1, 0.15) is 56.3 Å². The second-order valence-electron chi connectivity index (χ2n) is 6.32. The molecule has 0 aromatic carbocycles. The molecule has 0 bridgehead atoms. The Morgan fingerprint density at radius 1 is 1.43 bits per heavy atom. The summed E-state index contributed by atoms with van der Waals surface area (Å²) in [5, 5.41) is 0. The molecule has 0 atom stereocenters. The smallest absolute Gasteiger partial charge is 0.252 e. The summed E-state index contributed by atoms with van der Waals surface area (Å²) in [7, 11) is 0. The quantitative estimate of drug-likeness (QED) is 0.843. The predicted molar refractivity (Wildman–Crippen MR) is 86.2 cm³/mol. The van der Waals surface area contributed by atoms with E-state index in [-0.39, 0.29) is 0 Å². The number of nitrogen functional groups attached to an aromatic ring is 1. The van der Waals surface area contributed by atoms with Crippen molar-refractivity contribution in [3.63, 3.8) is 0 Å². The van der Waals surface area contributed by atoms with Crippen LogP contribution in [-0.4, -0.2) is 23.5 Å². The largest absolute Gasteiger partial charge is 0.397 e. The Kier molecular flexibility index (Phi) is 5.04. The van der Waals surface area contributed by atoms with E-state index in [1.54, 1.807) is 12.3 Å². The van der Waals surface area contributed by atoms with Gasteiger partial charge in [-0.2, -0.15) is 0 Å². The highest BCUT2D eigenvalue weighted by atomic mass is 16.1. The monoisotopic (exact) mass is 290 g/mol. The molecule has 0 unspecified atom stereocenters. The molecule has 1 fully saturated rings. The van der Waals surface area contributed by atoms with Crippen molar-refractivity contribution in [2.75, 3.05) is 17.2 Å². The van der Waals surface area contributed by atoms with Gasteiger partial charge in [-0.3, -0.25) is 4.79 Å². The van der Waals surface area contributed by atoms with Crippen LogP contribution in [0.2, 0.25) is 0 Å². The van der Waals surface area contributed by atoms with E-state index in [1.807, 2.05) is 0 Å². The molecule has 4 N–H and O–H groups in total. The number of rotatable bonds is 6. The fraction of sp³-hybridized carbons (Fsp3) is 0.625. The maximum absolute atomic E-state index is 11.7. The Morgan fingerprint density at radius 2 is 2.10 bits per heavy atom. The highest BCUT2D eigenvalue weighted by Crippen LogP contribution is 2.30. The maximum atomic E-state index is 11.7. The van der Waals surface area contributed by atoms with E-state index in [0.29, 0.717) is 29.0 Å². The maximum Gasteiger partial charge on any atom is 0.252 e. The zero-order chi connectivity index (χ0) is 15.4. The highest BCUT2D eigenvalue weighted by molar-refractivity contribution is 5.98. The van der Waals surface area contributed by atoms with Crippen molar-refractivity contribution in [3.8, 4) is 0 Å². The van der Waals surface area contributed by atoms with Gasteiger partial charge in [-0.15, -0.1) is 0 Å². The van der Waals surface area contributed by atoms with Crippen molar-refractivity contribution in [2.24, 2.45) is 11.7 Å². The Bertz CT molecular complexity index is 495. The van der Waals surface area contributed by atoms with Gasteiger partial charge >= 0.3 is 0 Å². The van der Waals surface area contributed by atoms with Gasteiger partial charge < -0.3 is 16.4 Å². The van der Waals surface area contributed by atoms with Crippen molar-refractivity contribution < 1.29 is 4.79 Å². The van der Waals surface area contributed by atoms with Crippen LogP contribution in [-0.2, 0) is 0 Å². The molecule has 1 amide bonds. The minimum atomic E-state index is -0.461. The van der Waals surface area contributed by atoms with Crippen molar-refractivity contribution in [1.29, 1.82) is 0 Å². The second kappa shape index (κ2) is 6.78. The van der Waals surface area contributed by atoms with Crippen LogP contribution in [0.25, 0.3) is 0 Å². The molecular weight excluding hydrogens is 264 g/mol. The highest BCUT2D eigenvalue weighted by Gasteiger charge is 2.26. The summed E-state index contributed by atoms with van der Waals surface area (Å²) in [6.45, 7) is 5.32. The lowest BCUT2D eigenvalue weighted by atomic mass is 10.1. The number of anilines is 2. The van der Waals surface area contributed by atoms with Gasteiger partial charge in [-0.05, 0) is 31.2 Å². The molecule has 5 heteroatoms. The van der Waals surface area contributed by atoms with Gasteiger partial charge in [0, 0.05) is 12.6 Å². The molecule has 0 radical (unpaired) electrons. The first-order chi connectivity index (χ1) is 9.99. The molecule has 21 heavy (non-hydrogen) atoms. The van der Waals surface area contributed by atoms with Crippen LogP contribution in [0.15, 0.2) is 12.3 Å². The van der Waals surface area contributed by atoms with Crippen LogP contribution in [0, 0.1) is 5.92 Å². The lowest BCUT2D eigenvalue weighted by Crippen LogP contribution is -2.37. The van der Waals surface area contributed by atoms with Crippen molar-refractivity contribution >= 4 is 17.4 Å². The van der Waals surface area contributed by atoms with Crippen LogP contribution >= 0.6 is 0 Å². The molecular formula is C16H26N4O. The molecule has 1 aromatic rings. The van der Waals surface area contributed by atoms with Crippen molar-refractivity contribution in [3.05, 3.63) is 17.8 Å². The summed E-state index contributed by atoms with van der Waals surface area (Å²) >= 11 is 0. The number of carbonyl (C=O) groups is 1. The zero-order valence-electron chi connectivity index (χ0n) is 13.0. The van der Waals surface area contributed by atoms with Gasteiger partial charge in [0.1, 0.15) is 5.82 Å². The van der Waals surface area contributed by atoms with Gasteiger partial charge in [0.05, 0.1) is 17.4 Å². The van der Waals surface area contributed by atoms with Crippen LogP contribution in [0.3, 0.4) is 0 Å². The fourth-order valence-corrected chi connectivity index (χ4v) is 2.96. The average Bonchev–Trinajstić information content (AvgIpc) is 2.93. The van der Waals surface area contributed by atoms with E-state index < -0.39 is 5.91 Å². The summed E-state index contributed by atoms with van der Waals surface area (Å²) in [6.07, 6.45) is 7.47. The van der Waals surface area contributed by atoms with Crippen molar-refractivity contribution in [1.82, 2.24) is 4.98 Å². The standard InChI is InChI=1S/C16H26N4O/c1-11(2)7-8-20(13-5-3-4-6-13)16-14(15(18)21)9-12(17)10-19-16/h9-11,13H,3-8,17H2,1-2H3,(H2,18,21). The number of aromatic nitrogens is 1. The Hall–Kier alpha value is -1.78. The summed E-state index contributed by atoms with van der Waals surface area (Å²) in [6, 6.07) is 2.10. The van der Waals surface area contributed by atoms with E-state index in [0.717, 1.165) is 25.8 Å². The van der Waals surface area contributed by atoms with Crippen LogP contribution in [0.5, 0.6) is 0 Å². The van der Waals surface area contributed by atoms with E-state index in [1.165, 1.54) is 12.8 Å². The lowest BCUT2D eigenvalue weighted by molar-refractivity contribution is 0.100. The molecule has 0 aliphatic heterocycles. The topological polar surface area (TPSA) is 85.2 Å². The Labute approximate surface area is 126 Å². The molecule has 2 rings (SSSR count). The average molecular weight is 290 g/mol. The molecule has 116 valence electrons. The van der Waals surface area contributed by atoms with E-state index in [4.69, 9.17) is 11.5 Å². The SMILES string of the molecule is CC(C)CCN(c1ncc(N)cc1C(N)=O)C1CCCC1. The Balaban J connectivity index is 2.32. The zero-order valence-corrected chi connectivity index (χ0v) is 13.0. The number of pyridine rings is 1. The van der Waals surface area contributed by atoms with Gasteiger partial charge in [0.15, 0.2) is 0 Å². The van der Waals surface area contributed by atoms with Gasteiger partial charge in [-0.25, -0.2) is 4.98 Å². The third-order valence-electron chi connectivity index (χ3n) is 4.14. The number of amides is 1. The summed E-state index contributed by atoms with van der Waals surface area (Å²) in [5.74, 6) is 0.848. The molecule has 0 saturated heterocycles. The van der Waals surface area contributed by atoms with Crippen LogP contribution in [0.4, 0.5) is 11.5 Å². The molecule has 5 nitrogen and oxygen atoms in total. The minimum Gasteiger partial charge on any atom is -0.397 e. The first kappa shape index (κ1) is 15.6. The summed E-state index contributed by atoms with van der Waals surface area (Å²) in [4.78, 5) is 18.4. The second-order valence-corrected chi connectivity index (χ2v) is 6.32. The normalized spacial score (nSPS) is 15.6. The lowest BCUT2D eigenvalue weighted by Gasteiger charge is -2.32. The van der Waals surface area contributed by atoms with E-state index in [2.05, 4.69) is 23.7 Å². The van der Waals surface area contributed by atoms with Gasteiger partial charge in [0.2, 0.25) is 0 Å². The van der Waals surface area contributed by atoms with E-state index >= 15 is 0 Å². The number of nitrogens with zero attached hydrogens (tertiary/aromatic N) is 2. The molecule has 0 spiro atoms. The minimum absolute atomic E-state index is 0.436. The summed E-state index contributed by atoms with van der Waals surface area (Å²) in [5.41, 5.74) is 12.2. The molecule has 1 aromatic heterocycles. The summed E-state index contributed by atoms with van der Waals surface area (Å²) < 4.78 is 0. The fourth-order valence-electron chi connectivity index (χ4n) is 2.96. The molecule has 1 aliphatic carbocycles. The van der Waals surface area contributed by atoms with Gasteiger partial charge in [-0.1, -0.05) is 26.7 Å². The Morgan fingerprint density at radius 3 is 2.67 bits per heavy atom. The third kappa shape index (κ3) is 3.86. The number of carbonyl (C=O) groups excluding carboxylic acids is 1. The number of primary amides is 1. The predicted octanol–water partition coefficient (Wildman–Crippen LogP) is 2.56. The molecule has 1 aliphatic rings.